The zero-order valence-corrected chi connectivity index (χ0v) is 34.2. The Morgan fingerprint density at radius 3 is 1.61 bits per heavy atom. The van der Waals surface area contributed by atoms with Gasteiger partial charge in [-0.1, -0.05) is 95.7 Å². The average Bonchev–Trinajstić information content (AvgIpc) is 3.06. The van der Waals surface area contributed by atoms with Crippen LogP contribution >= 0.6 is 23.2 Å². The molecule has 0 aromatic heterocycles. The van der Waals surface area contributed by atoms with Gasteiger partial charge in [0.15, 0.2) is 0 Å². The molecule has 0 unspecified atom stereocenters. The smallest absolute Gasteiger partial charge is 0.871 e. The van der Waals surface area contributed by atoms with E-state index in [0.29, 0.717) is 21.9 Å². The van der Waals surface area contributed by atoms with Crippen molar-refractivity contribution in [2.75, 3.05) is 0 Å². The Labute approximate surface area is 343 Å². The van der Waals surface area contributed by atoms with Crippen molar-refractivity contribution in [1.29, 1.82) is 0 Å². The van der Waals surface area contributed by atoms with Crippen LogP contribution in [0.1, 0.15) is 11.1 Å². The number of fused-ring (bicyclic) bond motifs is 2. The van der Waals surface area contributed by atoms with Gasteiger partial charge in [-0.25, -0.2) is 8.42 Å². The van der Waals surface area contributed by atoms with E-state index in [1.807, 2.05) is 24.3 Å². The molecule has 0 aliphatic rings. The van der Waals surface area contributed by atoms with Crippen molar-refractivity contribution in [2.24, 2.45) is 20.5 Å². The average molecular weight is 889 g/mol. The zero-order chi connectivity index (χ0) is 36.4. The number of azo groups is 2. The number of hydrogen-bond acceptors (Lipinski definition) is 11. The minimum absolute atomic E-state index is 0. The molecule has 6 aromatic carbocycles. The molecule has 17 heteroatoms. The number of benzene rings is 6. The van der Waals surface area contributed by atoms with E-state index in [2.05, 4.69) is 20.5 Å². The van der Waals surface area contributed by atoms with E-state index in [-0.39, 0.29) is 93.2 Å². The number of rotatable bonds is 6. The van der Waals surface area contributed by atoms with E-state index < -0.39 is 30.0 Å². The van der Waals surface area contributed by atoms with E-state index in [1.54, 1.807) is 50.2 Å². The number of aromatic hydroxyl groups is 1. The summed E-state index contributed by atoms with van der Waals surface area (Å²) < 4.78 is 66.8. The number of phenolic OH excluding ortho intramolecular Hbond substituents is 1. The van der Waals surface area contributed by atoms with Crippen LogP contribution in [0.25, 0.3) is 21.5 Å². The van der Waals surface area contributed by atoms with E-state index in [1.165, 1.54) is 24.3 Å². The van der Waals surface area contributed by atoms with Crippen LogP contribution in [-0.4, -0.2) is 79.9 Å². The molecule has 0 bridgehead atoms. The van der Waals surface area contributed by atoms with Gasteiger partial charge in [0.25, 0.3) is 10.1 Å². The second-order valence-corrected chi connectivity index (χ2v) is 14.3. The van der Waals surface area contributed by atoms with Crippen LogP contribution < -0.4 is 5.11 Å². The van der Waals surface area contributed by atoms with E-state index in [4.69, 9.17) is 23.2 Å². The molecule has 0 aliphatic carbocycles. The standard InChI is InChI=1S/2C17H13ClN2O4S.Ba/c2*1-10-8-14(16(9-13(10)18)25(22,23)24)19-20-17-12-5-3-2-4-11(12)6-7-15(17)21;/h2*2-9,21H,1H3,(H,22,23,24);/q;;+2/p-2. The predicted molar refractivity (Wildman–Crippen MR) is 193 cm³/mol. The quantitative estimate of drug-likeness (QED) is 0.0936. The molecule has 0 fully saturated rings. The molecule has 0 spiro atoms. The molecule has 2 N–H and O–H groups in total. The molecule has 51 heavy (non-hydrogen) atoms. The van der Waals surface area contributed by atoms with Gasteiger partial charge >= 0.3 is 48.9 Å². The second kappa shape index (κ2) is 16.5. The van der Waals surface area contributed by atoms with Crippen molar-refractivity contribution in [3.05, 3.63) is 118 Å². The summed E-state index contributed by atoms with van der Waals surface area (Å²) in [4.78, 5) is -1.04. The normalized spacial score (nSPS) is 11.9. The van der Waals surface area contributed by atoms with Crippen LogP contribution in [0.15, 0.2) is 127 Å². The maximum absolute atomic E-state index is 12.1. The summed E-state index contributed by atoms with van der Waals surface area (Å²) in [5, 5.41) is 41.0. The fraction of sp³-hybridized carbons (Fsp3) is 0.0588. The van der Waals surface area contributed by atoms with Crippen molar-refractivity contribution in [3.8, 4) is 11.5 Å². The second-order valence-electron chi connectivity index (χ2n) is 10.8. The molecule has 0 radical (unpaired) electrons. The minimum atomic E-state index is -4.80. The topological polar surface area (TPSA) is 204 Å². The first-order valence-corrected chi connectivity index (χ1v) is 17.9. The SMILES string of the molecule is Cc1cc(N=Nc2c(O)ccc3ccccc23)c(S(=O)(=O)O)cc1Cl.Cc1cc(N=Nc2c([O-])ccc3ccccc23)c(S(=O)(=O)[O-])cc1Cl.[Ba+2]. The van der Waals surface area contributed by atoms with Crippen molar-refractivity contribution >= 4 is 137 Å². The Kier molecular flexibility index (Phi) is 13.1. The van der Waals surface area contributed by atoms with E-state index in [9.17, 15) is 36.2 Å². The summed E-state index contributed by atoms with van der Waals surface area (Å²) in [6.45, 7) is 3.31. The molecule has 6 aromatic rings. The van der Waals surface area contributed by atoms with Crippen LogP contribution in [-0.2, 0) is 20.2 Å². The first-order valence-electron chi connectivity index (χ1n) is 14.3. The largest absolute Gasteiger partial charge is 2.00 e. The summed E-state index contributed by atoms with van der Waals surface area (Å²) in [7, 11) is -9.33. The number of phenols is 1. The maximum Gasteiger partial charge on any atom is 2.00 e. The Bertz CT molecular complexity index is 2410. The summed E-state index contributed by atoms with van der Waals surface area (Å²) in [6, 6.07) is 25.5. The van der Waals surface area contributed by atoms with Gasteiger partial charge in [-0.3, -0.25) is 4.55 Å². The molecular weight excluding hydrogens is 865 g/mol. The van der Waals surface area contributed by atoms with Gasteiger partial charge in [-0.15, -0.1) is 15.3 Å². The molecule has 12 nitrogen and oxygen atoms in total. The van der Waals surface area contributed by atoms with Gasteiger partial charge < -0.3 is 14.8 Å². The Balaban J connectivity index is 0.000000224. The fourth-order valence-electron chi connectivity index (χ4n) is 4.75. The first kappa shape index (κ1) is 40.4. The van der Waals surface area contributed by atoms with Crippen LogP contribution in [0.3, 0.4) is 0 Å². The van der Waals surface area contributed by atoms with E-state index in [0.717, 1.165) is 22.9 Å². The van der Waals surface area contributed by atoms with Gasteiger partial charge in [0.05, 0.1) is 10.6 Å². The minimum Gasteiger partial charge on any atom is -0.871 e. The van der Waals surface area contributed by atoms with Crippen molar-refractivity contribution < 1.29 is 36.2 Å². The Hall–Kier alpha value is -3.39. The number of aryl methyl sites for hydroxylation is 2. The van der Waals surface area contributed by atoms with Crippen molar-refractivity contribution in [1.82, 2.24) is 0 Å². The molecule has 0 saturated heterocycles. The number of hydrogen-bond donors (Lipinski definition) is 2. The van der Waals surface area contributed by atoms with Crippen LogP contribution in [0.2, 0.25) is 10.0 Å². The van der Waals surface area contributed by atoms with Crippen LogP contribution in [0.5, 0.6) is 11.5 Å². The molecule has 0 saturated carbocycles. The molecule has 6 rings (SSSR count). The molecule has 0 amide bonds. The summed E-state index contributed by atoms with van der Waals surface area (Å²) in [5.41, 5.74) is 1.14. The zero-order valence-electron chi connectivity index (χ0n) is 26.6. The van der Waals surface area contributed by atoms with Gasteiger partial charge in [0.1, 0.15) is 37.8 Å². The molecule has 0 atom stereocenters. The van der Waals surface area contributed by atoms with Crippen molar-refractivity contribution in [3.63, 3.8) is 0 Å². The molecule has 0 aliphatic heterocycles. The van der Waals surface area contributed by atoms with Crippen LogP contribution in [0.4, 0.5) is 22.7 Å². The molecule has 0 heterocycles. The summed E-state index contributed by atoms with van der Waals surface area (Å²) in [5.74, 6) is -0.457. The van der Waals surface area contributed by atoms with E-state index >= 15 is 0 Å². The maximum atomic E-state index is 12.1. The Morgan fingerprint density at radius 2 is 1.08 bits per heavy atom. The first-order chi connectivity index (χ1) is 23.5. The third-order valence-electron chi connectivity index (χ3n) is 7.29. The van der Waals surface area contributed by atoms with Gasteiger partial charge in [-0.05, 0) is 66.1 Å². The number of nitrogens with zero attached hydrogens (tertiary/aromatic N) is 4. The predicted octanol–water partition coefficient (Wildman–Crippen LogP) is 8.98. The third-order valence-corrected chi connectivity index (χ3v) is 9.85. The van der Waals surface area contributed by atoms with Crippen LogP contribution in [0, 0.1) is 13.8 Å². The van der Waals surface area contributed by atoms with Crippen molar-refractivity contribution in [2.45, 2.75) is 23.6 Å². The summed E-state index contributed by atoms with van der Waals surface area (Å²) >= 11 is 11.8. The third kappa shape index (κ3) is 9.54. The Morgan fingerprint density at radius 1 is 0.627 bits per heavy atom. The van der Waals surface area contributed by atoms with Gasteiger partial charge in [0, 0.05) is 20.8 Å². The summed E-state index contributed by atoms with van der Waals surface area (Å²) in [6.07, 6.45) is 0. The fourth-order valence-corrected chi connectivity index (χ4v) is 6.46. The number of halogens is 2. The monoisotopic (exact) mass is 888 g/mol. The molecular formula is C34H24BaCl2N4O8S2. The van der Waals surface area contributed by atoms with Gasteiger partial charge in [0.2, 0.25) is 0 Å². The molecule has 256 valence electrons. The van der Waals surface area contributed by atoms with Gasteiger partial charge in [-0.2, -0.15) is 13.5 Å².